The molecule has 1 aromatic rings. The van der Waals surface area contributed by atoms with E-state index >= 15 is 0 Å². The first kappa shape index (κ1) is 16.7. The summed E-state index contributed by atoms with van der Waals surface area (Å²) < 4.78 is 31.6. The van der Waals surface area contributed by atoms with Crippen molar-refractivity contribution in [3.8, 4) is 0 Å². The first-order chi connectivity index (χ1) is 8.83. The van der Waals surface area contributed by atoms with Crippen LogP contribution in [0, 0.1) is 0 Å². The molecule has 0 heterocycles. The van der Waals surface area contributed by atoms with Crippen LogP contribution in [0.5, 0.6) is 0 Å². The van der Waals surface area contributed by atoms with Gasteiger partial charge in [-0.2, -0.15) is 17.4 Å². The van der Waals surface area contributed by atoms with E-state index in [1.165, 1.54) is 14.1 Å². The minimum atomic E-state index is -3.40. The number of hydrogen-bond acceptors (Lipinski definition) is 3. The Hall–Kier alpha value is -0.370. The fourth-order valence-electron chi connectivity index (χ4n) is 1.19. The second kappa shape index (κ2) is 7.42. The van der Waals surface area contributed by atoms with Crippen LogP contribution in [0.25, 0.3) is 0 Å². The van der Waals surface area contributed by atoms with E-state index in [0.717, 1.165) is 9.87 Å². The molecule has 0 aliphatic carbocycles. The number of hydrogen-bond donors (Lipinski definition) is 1. The maximum atomic E-state index is 11.4. The number of halogens is 2. The van der Waals surface area contributed by atoms with Crippen molar-refractivity contribution in [1.82, 2.24) is 9.03 Å². The van der Waals surface area contributed by atoms with Crippen molar-refractivity contribution in [2.24, 2.45) is 0 Å². The van der Waals surface area contributed by atoms with Gasteiger partial charge in [0.2, 0.25) is 0 Å². The van der Waals surface area contributed by atoms with E-state index in [1.807, 2.05) is 0 Å². The molecular weight excluding hydrogens is 311 g/mol. The Balaban J connectivity index is 2.32. The van der Waals surface area contributed by atoms with Crippen molar-refractivity contribution in [2.75, 3.05) is 27.2 Å². The molecule has 0 aliphatic heterocycles. The molecule has 0 saturated heterocycles. The molecule has 0 fully saturated rings. The monoisotopic (exact) mass is 326 g/mol. The standard InChI is InChI=1S/C11H16Cl2N2O3S/c1-15(2)19(16,17)14-5-6-18-8-9-3-4-10(12)7-11(9)13/h3-4,7,14H,5-6,8H2,1-2H3. The first-order valence-electron chi connectivity index (χ1n) is 5.51. The van der Waals surface area contributed by atoms with Crippen LogP contribution < -0.4 is 4.72 Å². The van der Waals surface area contributed by atoms with E-state index in [9.17, 15) is 8.42 Å². The van der Waals surface area contributed by atoms with Gasteiger partial charge in [0.25, 0.3) is 10.2 Å². The minimum absolute atomic E-state index is 0.200. The van der Waals surface area contributed by atoms with Crippen molar-refractivity contribution >= 4 is 33.4 Å². The summed E-state index contributed by atoms with van der Waals surface area (Å²) >= 11 is 11.7. The largest absolute Gasteiger partial charge is 0.375 e. The van der Waals surface area contributed by atoms with Gasteiger partial charge in [-0.25, -0.2) is 0 Å². The molecule has 19 heavy (non-hydrogen) atoms. The van der Waals surface area contributed by atoms with E-state index in [-0.39, 0.29) is 13.2 Å². The Morgan fingerprint density at radius 2 is 2.00 bits per heavy atom. The van der Waals surface area contributed by atoms with Crippen LogP contribution >= 0.6 is 23.2 Å². The number of ether oxygens (including phenoxy) is 1. The lowest BCUT2D eigenvalue weighted by atomic mass is 10.2. The van der Waals surface area contributed by atoms with Crippen LogP contribution in [0.4, 0.5) is 0 Å². The number of nitrogens with one attached hydrogen (secondary N) is 1. The van der Waals surface area contributed by atoms with Gasteiger partial charge >= 0.3 is 0 Å². The van der Waals surface area contributed by atoms with Gasteiger partial charge < -0.3 is 4.74 Å². The molecule has 0 saturated carbocycles. The fraction of sp³-hybridized carbons (Fsp3) is 0.455. The molecule has 1 aromatic carbocycles. The van der Waals surface area contributed by atoms with Crippen LogP contribution in [-0.2, 0) is 21.6 Å². The Kier molecular flexibility index (Phi) is 6.52. The number of rotatable bonds is 7. The third kappa shape index (κ3) is 5.64. The Labute approximate surface area is 123 Å². The van der Waals surface area contributed by atoms with Crippen LogP contribution in [-0.4, -0.2) is 40.0 Å². The summed E-state index contributed by atoms with van der Waals surface area (Å²) in [5.41, 5.74) is 0.807. The third-order valence-electron chi connectivity index (χ3n) is 2.28. The zero-order valence-electron chi connectivity index (χ0n) is 10.7. The van der Waals surface area contributed by atoms with E-state index in [1.54, 1.807) is 18.2 Å². The van der Waals surface area contributed by atoms with Gasteiger partial charge in [-0.1, -0.05) is 29.3 Å². The molecule has 5 nitrogen and oxygen atoms in total. The fourth-order valence-corrected chi connectivity index (χ4v) is 2.26. The van der Waals surface area contributed by atoms with Gasteiger partial charge in [0.1, 0.15) is 0 Å². The molecule has 0 aliphatic rings. The summed E-state index contributed by atoms with van der Waals surface area (Å²) in [6, 6.07) is 5.13. The smallest absolute Gasteiger partial charge is 0.279 e. The van der Waals surface area contributed by atoms with Crippen molar-refractivity contribution < 1.29 is 13.2 Å². The van der Waals surface area contributed by atoms with Gasteiger partial charge in [-0.05, 0) is 17.7 Å². The molecule has 1 N–H and O–H groups in total. The minimum Gasteiger partial charge on any atom is -0.375 e. The molecule has 0 atom stereocenters. The summed E-state index contributed by atoms with van der Waals surface area (Å²) in [4.78, 5) is 0. The molecule has 8 heteroatoms. The molecule has 0 amide bonds. The first-order valence-corrected chi connectivity index (χ1v) is 7.71. The van der Waals surface area contributed by atoms with Crippen molar-refractivity contribution in [3.05, 3.63) is 33.8 Å². The highest BCUT2D eigenvalue weighted by Crippen LogP contribution is 2.21. The topological polar surface area (TPSA) is 58.6 Å². The number of benzene rings is 1. The quantitative estimate of drug-likeness (QED) is 0.778. The van der Waals surface area contributed by atoms with E-state index in [4.69, 9.17) is 27.9 Å². The Bertz CT molecular complexity index is 521. The number of nitrogens with zero attached hydrogens (tertiary/aromatic N) is 1. The van der Waals surface area contributed by atoms with Crippen LogP contribution in [0.3, 0.4) is 0 Å². The van der Waals surface area contributed by atoms with Gasteiger partial charge in [0.15, 0.2) is 0 Å². The van der Waals surface area contributed by atoms with Crippen LogP contribution in [0.2, 0.25) is 10.0 Å². The lowest BCUT2D eigenvalue weighted by Crippen LogP contribution is -2.37. The van der Waals surface area contributed by atoms with E-state index in [0.29, 0.717) is 16.7 Å². The maximum absolute atomic E-state index is 11.4. The van der Waals surface area contributed by atoms with Crippen LogP contribution in [0.1, 0.15) is 5.56 Å². The average Bonchev–Trinajstić information content (AvgIpc) is 2.31. The van der Waals surface area contributed by atoms with Gasteiger partial charge in [0.05, 0.1) is 13.2 Å². The van der Waals surface area contributed by atoms with Gasteiger partial charge in [-0.3, -0.25) is 0 Å². The summed E-state index contributed by atoms with van der Waals surface area (Å²) in [6.45, 7) is 0.761. The summed E-state index contributed by atoms with van der Waals surface area (Å²) in [7, 11) is -0.487. The second-order valence-electron chi connectivity index (χ2n) is 3.97. The lowest BCUT2D eigenvalue weighted by molar-refractivity contribution is 0.126. The predicted molar refractivity (Wildman–Crippen MR) is 76.7 cm³/mol. The normalized spacial score (nSPS) is 12.1. The molecular formula is C11H16Cl2N2O3S. The maximum Gasteiger partial charge on any atom is 0.279 e. The van der Waals surface area contributed by atoms with Crippen LogP contribution in [0.15, 0.2) is 18.2 Å². The highest BCUT2D eigenvalue weighted by Gasteiger charge is 2.11. The molecule has 1 rings (SSSR count). The zero-order chi connectivity index (χ0) is 14.5. The highest BCUT2D eigenvalue weighted by atomic mass is 35.5. The van der Waals surface area contributed by atoms with Crippen molar-refractivity contribution in [2.45, 2.75) is 6.61 Å². The Morgan fingerprint density at radius 1 is 1.32 bits per heavy atom. The zero-order valence-corrected chi connectivity index (χ0v) is 13.0. The van der Waals surface area contributed by atoms with Crippen molar-refractivity contribution in [3.63, 3.8) is 0 Å². The summed E-state index contributed by atoms with van der Waals surface area (Å²) in [5, 5.41) is 1.09. The lowest BCUT2D eigenvalue weighted by Gasteiger charge is -2.12. The highest BCUT2D eigenvalue weighted by molar-refractivity contribution is 7.87. The predicted octanol–water partition coefficient (Wildman–Crippen LogP) is 1.91. The molecule has 0 bridgehead atoms. The Morgan fingerprint density at radius 3 is 2.58 bits per heavy atom. The van der Waals surface area contributed by atoms with Gasteiger partial charge in [0, 0.05) is 30.7 Å². The SMILES string of the molecule is CN(C)S(=O)(=O)NCCOCc1ccc(Cl)cc1Cl. The van der Waals surface area contributed by atoms with Crippen molar-refractivity contribution in [1.29, 1.82) is 0 Å². The summed E-state index contributed by atoms with van der Waals surface area (Å²) in [6.07, 6.45) is 0. The molecule has 0 unspecified atom stereocenters. The molecule has 0 radical (unpaired) electrons. The second-order valence-corrected chi connectivity index (χ2v) is 6.78. The van der Waals surface area contributed by atoms with E-state index < -0.39 is 10.2 Å². The third-order valence-corrected chi connectivity index (χ3v) is 4.40. The van der Waals surface area contributed by atoms with Gasteiger partial charge in [-0.15, -0.1) is 0 Å². The molecule has 0 spiro atoms. The summed E-state index contributed by atoms with van der Waals surface area (Å²) in [5.74, 6) is 0. The molecule has 108 valence electrons. The average molecular weight is 327 g/mol. The van der Waals surface area contributed by atoms with E-state index in [2.05, 4.69) is 4.72 Å². The molecule has 0 aromatic heterocycles.